The van der Waals surface area contributed by atoms with Crippen molar-refractivity contribution in [3.8, 4) is 22.8 Å². The Labute approximate surface area is 146 Å². The molecule has 0 aliphatic heterocycles. The van der Waals surface area contributed by atoms with Crippen LogP contribution in [0, 0.1) is 0 Å². The number of aromatic nitrogens is 3. The lowest BCUT2D eigenvalue weighted by Gasteiger charge is -2.12. The molecule has 0 amide bonds. The first-order valence-corrected chi connectivity index (χ1v) is 7.74. The van der Waals surface area contributed by atoms with Gasteiger partial charge in [0.25, 0.3) is 0 Å². The van der Waals surface area contributed by atoms with Gasteiger partial charge in [0.2, 0.25) is 0 Å². The smallest absolute Gasteiger partial charge is 0.416 e. The highest BCUT2D eigenvalue weighted by Crippen LogP contribution is 2.35. The normalized spacial score (nSPS) is 11.8. The number of hydrogen-bond donors (Lipinski definition) is 1. The van der Waals surface area contributed by atoms with Gasteiger partial charge in [-0.15, -0.1) is 0 Å². The second-order valence-corrected chi connectivity index (χ2v) is 5.68. The SMILES string of the molecule is Oc1ccccc1-c1nc2cccnc2n1-c1cccc(C(F)(F)F)c1. The maximum Gasteiger partial charge on any atom is 0.416 e. The fraction of sp³-hybridized carbons (Fsp3) is 0.0526. The van der Waals surface area contributed by atoms with Crippen molar-refractivity contribution in [2.45, 2.75) is 6.18 Å². The van der Waals surface area contributed by atoms with Crippen molar-refractivity contribution in [3.05, 3.63) is 72.4 Å². The summed E-state index contributed by atoms with van der Waals surface area (Å²) in [6, 6.07) is 14.9. The molecule has 0 unspecified atom stereocenters. The van der Waals surface area contributed by atoms with Crippen LogP contribution >= 0.6 is 0 Å². The number of nitrogens with zero attached hydrogens (tertiary/aromatic N) is 3. The third kappa shape index (κ3) is 2.67. The van der Waals surface area contributed by atoms with Gasteiger partial charge in [0, 0.05) is 11.9 Å². The molecule has 0 aliphatic rings. The molecular formula is C19H12F3N3O. The number of pyridine rings is 1. The zero-order valence-electron chi connectivity index (χ0n) is 13.3. The van der Waals surface area contributed by atoms with Crippen LogP contribution in [0.2, 0.25) is 0 Å². The number of para-hydroxylation sites is 1. The molecule has 4 aromatic rings. The van der Waals surface area contributed by atoms with Crippen molar-refractivity contribution < 1.29 is 18.3 Å². The summed E-state index contributed by atoms with van der Waals surface area (Å²) < 4.78 is 40.9. The first kappa shape index (κ1) is 16.1. The van der Waals surface area contributed by atoms with Gasteiger partial charge in [-0.05, 0) is 42.5 Å². The van der Waals surface area contributed by atoms with Crippen LogP contribution in [-0.2, 0) is 6.18 Å². The average molecular weight is 355 g/mol. The van der Waals surface area contributed by atoms with E-state index in [-0.39, 0.29) is 11.4 Å². The minimum absolute atomic E-state index is 0.0176. The van der Waals surface area contributed by atoms with E-state index in [4.69, 9.17) is 0 Å². The molecule has 0 spiro atoms. The van der Waals surface area contributed by atoms with Gasteiger partial charge in [-0.1, -0.05) is 18.2 Å². The fourth-order valence-corrected chi connectivity index (χ4v) is 2.82. The van der Waals surface area contributed by atoms with Crippen LogP contribution in [-0.4, -0.2) is 19.6 Å². The van der Waals surface area contributed by atoms with Gasteiger partial charge in [0.05, 0.1) is 11.1 Å². The molecule has 2 aromatic carbocycles. The van der Waals surface area contributed by atoms with Crippen molar-refractivity contribution in [2.75, 3.05) is 0 Å². The molecule has 4 nitrogen and oxygen atoms in total. The average Bonchev–Trinajstić information content (AvgIpc) is 3.01. The Hall–Kier alpha value is -3.35. The van der Waals surface area contributed by atoms with Crippen LogP contribution in [0.1, 0.15) is 5.56 Å². The summed E-state index contributed by atoms with van der Waals surface area (Å²) in [4.78, 5) is 8.73. The summed E-state index contributed by atoms with van der Waals surface area (Å²) >= 11 is 0. The Bertz CT molecular complexity index is 1100. The van der Waals surface area contributed by atoms with Crippen LogP contribution in [0.25, 0.3) is 28.2 Å². The molecule has 7 heteroatoms. The number of halogens is 3. The van der Waals surface area contributed by atoms with Crippen LogP contribution in [0.5, 0.6) is 5.75 Å². The number of rotatable bonds is 2. The van der Waals surface area contributed by atoms with Crippen molar-refractivity contribution >= 4 is 11.2 Å². The lowest BCUT2D eigenvalue weighted by Crippen LogP contribution is -2.07. The van der Waals surface area contributed by atoms with Crippen LogP contribution in [0.4, 0.5) is 13.2 Å². The van der Waals surface area contributed by atoms with Gasteiger partial charge < -0.3 is 5.11 Å². The Morgan fingerprint density at radius 1 is 0.923 bits per heavy atom. The highest BCUT2D eigenvalue weighted by molar-refractivity contribution is 5.81. The van der Waals surface area contributed by atoms with E-state index in [1.54, 1.807) is 42.6 Å². The minimum atomic E-state index is -4.46. The number of phenolic OH excluding ortho intramolecular Hbond substituents is 1. The van der Waals surface area contributed by atoms with Crippen molar-refractivity contribution in [2.24, 2.45) is 0 Å². The maximum absolute atomic E-state index is 13.1. The van der Waals surface area contributed by atoms with E-state index in [9.17, 15) is 18.3 Å². The van der Waals surface area contributed by atoms with E-state index >= 15 is 0 Å². The largest absolute Gasteiger partial charge is 0.507 e. The van der Waals surface area contributed by atoms with Gasteiger partial charge in [0.15, 0.2) is 11.5 Å². The molecule has 130 valence electrons. The Morgan fingerprint density at radius 3 is 2.50 bits per heavy atom. The lowest BCUT2D eigenvalue weighted by atomic mass is 10.1. The minimum Gasteiger partial charge on any atom is -0.507 e. The zero-order chi connectivity index (χ0) is 18.3. The van der Waals surface area contributed by atoms with Gasteiger partial charge in [-0.2, -0.15) is 13.2 Å². The first-order valence-electron chi connectivity index (χ1n) is 7.74. The molecule has 0 atom stereocenters. The predicted molar refractivity (Wildman–Crippen MR) is 91.0 cm³/mol. The number of benzene rings is 2. The number of phenols is 1. The molecule has 2 heterocycles. The number of hydrogen-bond acceptors (Lipinski definition) is 3. The third-order valence-corrected chi connectivity index (χ3v) is 3.99. The zero-order valence-corrected chi connectivity index (χ0v) is 13.3. The molecule has 0 saturated heterocycles. The van der Waals surface area contributed by atoms with Gasteiger partial charge in [-0.25, -0.2) is 9.97 Å². The van der Waals surface area contributed by atoms with E-state index in [0.29, 0.717) is 22.6 Å². The monoisotopic (exact) mass is 355 g/mol. The van der Waals surface area contributed by atoms with Crippen molar-refractivity contribution in [1.29, 1.82) is 0 Å². The summed E-state index contributed by atoms with van der Waals surface area (Å²) in [7, 11) is 0. The van der Waals surface area contributed by atoms with E-state index in [1.165, 1.54) is 16.7 Å². The summed E-state index contributed by atoms with van der Waals surface area (Å²) in [5, 5.41) is 10.2. The Balaban J connectivity index is 2.04. The van der Waals surface area contributed by atoms with Crippen LogP contribution in [0.3, 0.4) is 0 Å². The lowest BCUT2D eigenvalue weighted by molar-refractivity contribution is -0.137. The van der Waals surface area contributed by atoms with E-state index < -0.39 is 11.7 Å². The quantitative estimate of drug-likeness (QED) is 0.561. The van der Waals surface area contributed by atoms with Gasteiger partial charge in [0.1, 0.15) is 11.3 Å². The van der Waals surface area contributed by atoms with Gasteiger partial charge >= 0.3 is 6.18 Å². The number of fused-ring (bicyclic) bond motifs is 1. The summed E-state index contributed by atoms with van der Waals surface area (Å²) in [5.74, 6) is 0.298. The Morgan fingerprint density at radius 2 is 1.73 bits per heavy atom. The molecule has 0 aliphatic carbocycles. The number of alkyl halides is 3. The second kappa shape index (κ2) is 5.87. The summed E-state index contributed by atoms with van der Waals surface area (Å²) in [5.41, 5.74) is 0.825. The third-order valence-electron chi connectivity index (χ3n) is 3.99. The second-order valence-electron chi connectivity index (χ2n) is 5.68. The summed E-state index contributed by atoms with van der Waals surface area (Å²) in [6.45, 7) is 0. The van der Waals surface area contributed by atoms with Crippen molar-refractivity contribution in [3.63, 3.8) is 0 Å². The highest BCUT2D eigenvalue weighted by Gasteiger charge is 2.31. The van der Waals surface area contributed by atoms with Crippen molar-refractivity contribution in [1.82, 2.24) is 14.5 Å². The predicted octanol–water partition coefficient (Wildman–Crippen LogP) is 4.81. The molecule has 26 heavy (non-hydrogen) atoms. The molecule has 4 rings (SSSR count). The first-order chi connectivity index (χ1) is 12.4. The fourth-order valence-electron chi connectivity index (χ4n) is 2.82. The summed E-state index contributed by atoms with van der Waals surface area (Å²) in [6.07, 6.45) is -2.92. The van der Waals surface area contributed by atoms with E-state index in [2.05, 4.69) is 9.97 Å². The molecule has 0 fully saturated rings. The van der Waals surface area contributed by atoms with Crippen LogP contribution in [0.15, 0.2) is 66.9 Å². The van der Waals surface area contributed by atoms with E-state index in [0.717, 1.165) is 12.1 Å². The van der Waals surface area contributed by atoms with E-state index in [1.807, 2.05) is 0 Å². The molecule has 0 radical (unpaired) electrons. The van der Waals surface area contributed by atoms with Gasteiger partial charge in [-0.3, -0.25) is 4.57 Å². The topological polar surface area (TPSA) is 50.9 Å². The standard InChI is InChI=1S/C19H12F3N3O/c20-19(21,22)12-5-3-6-13(11-12)25-17(14-7-1-2-9-16(14)26)24-15-8-4-10-23-18(15)25/h1-11,26H. The highest BCUT2D eigenvalue weighted by atomic mass is 19.4. The van der Waals surface area contributed by atoms with Crippen LogP contribution < -0.4 is 0 Å². The molecule has 2 aromatic heterocycles. The molecule has 0 saturated carbocycles. The number of aromatic hydroxyl groups is 1. The Kier molecular flexibility index (Phi) is 3.64. The number of imidazole rings is 1. The molecule has 0 bridgehead atoms. The maximum atomic E-state index is 13.1. The molecule has 1 N–H and O–H groups in total. The molecular weight excluding hydrogens is 343 g/mol.